The molecule has 0 N–H and O–H groups in total. The molecule has 0 saturated carbocycles. The molecule has 0 unspecified atom stereocenters. The van der Waals surface area contributed by atoms with Crippen molar-refractivity contribution in [3.8, 4) is 34.0 Å². The molecule has 28 heavy (non-hydrogen) atoms. The van der Waals surface area contributed by atoms with E-state index in [1.54, 1.807) is 0 Å². The van der Waals surface area contributed by atoms with E-state index in [1.165, 1.54) is 27.8 Å². The van der Waals surface area contributed by atoms with Gasteiger partial charge >= 0.3 is 0 Å². The van der Waals surface area contributed by atoms with E-state index in [-0.39, 0.29) is 5.41 Å². The van der Waals surface area contributed by atoms with Gasteiger partial charge in [0.05, 0.1) is 0 Å². The Morgan fingerprint density at radius 3 is 2.21 bits per heavy atom. The van der Waals surface area contributed by atoms with Crippen molar-refractivity contribution in [2.75, 3.05) is 0 Å². The lowest BCUT2D eigenvalue weighted by molar-refractivity contribution is 0.579. The molecule has 1 heterocycles. The lowest BCUT2D eigenvalue weighted by atomic mass is 9.80. The molecule has 5 rings (SSSR count). The number of aromatic nitrogens is 2. The molecule has 0 bridgehead atoms. The van der Waals surface area contributed by atoms with E-state index < -0.39 is 0 Å². The second-order valence-electron chi connectivity index (χ2n) is 8.13. The lowest BCUT2D eigenvalue weighted by Crippen LogP contribution is -2.16. The van der Waals surface area contributed by atoms with Gasteiger partial charge in [0, 0.05) is 16.5 Å². The fraction of sp³-hybridized carbons (Fsp3) is 0.200. The average molecular weight is 366 g/mol. The molecule has 1 aromatic heterocycles. The number of hydrogen-bond acceptors (Lipinski definition) is 3. The van der Waals surface area contributed by atoms with Gasteiger partial charge in [-0.3, -0.25) is 0 Å². The molecule has 0 saturated heterocycles. The number of nitrogens with zero attached hydrogens (tertiary/aromatic N) is 2. The quantitative estimate of drug-likeness (QED) is 0.416. The Bertz CT molecular complexity index is 1220. The lowest BCUT2D eigenvalue weighted by Gasteiger charge is -2.23. The van der Waals surface area contributed by atoms with Crippen LogP contribution in [0, 0.1) is 13.8 Å². The van der Waals surface area contributed by atoms with Gasteiger partial charge in [0.25, 0.3) is 0 Å². The second kappa shape index (κ2) is 5.90. The molecule has 3 heteroatoms. The number of benzene rings is 3. The SMILES string of the molecule is Cc1ccc(C)c(-c2nnc(-c3cccc4c3C(C)(C)c3ccccc3-4)o2)c1. The third-order valence-corrected chi connectivity index (χ3v) is 5.86. The molecule has 0 spiro atoms. The summed E-state index contributed by atoms with van der Waals surface area (Å²) in [4.78, 5) is 0. The topological polar surface area (TPSA) is 38.9 Å². The first-order chi connectivity index (χ1) is 13.5. The second-order valence-corrected chi connectivity index (χ2v) is 8.13. The molecular weight excluding hydrogens is 344 g/mol. The number of hydrogen-bond donors (Lipinski definition) is 0. The molecule has 0 fully saturated rings. The minimum atomic E-state index is -0.115. The fourth-order valence-electron chi connectivity index (χ4n) is 4.43. The van der Waals surface area contributed by atoms with Gasteiger partial charge in [-0.15, -0.1) is 10.2 Å². The minimum Gasteiger partial charge on any atom is -0.416 e. The summed E-state index contributed by atoms with van der Waals surface area (Å²) < 4.78 is 6.19. The summed E-state index contributed by atoms with van der Waals surface area (Å²) in [6, 6.07) is 21.3. The smallest absolute Gasteiger partial charge is 0.248 e. The van der Waals surface area contributed by atoms with Crippen LogP contribution in [0.25, 0.3) is 34.0 Å². The van der Waals surface area contributed by atoms with Crippen LogP contribution in [0.4, 0.5) is 0 Å². The Morgan fingerprint density at radius 2 is 1.39 bits per heavy atom. The van der Waals surface area contributed by atoms with Crippen molar-refractivity contribution in [1.29, 1.82) is 0 Å². The molecule has 3 aromatic carbocycles. The maximum Gasteiger partial charge on any atom is 0.248 e. The highest BCUT2D eigenvalue weighted by Gasteiger charge is 2.38. The van der Waals surface area contributed by atoms with Crippen molar-refractivity contribution in [3.05, 3.63) is 82.9 Å². The first-order valence-corrected chi connectivity index (χ1v) is 9.61. The predicted octanol–water partition coefficient (Wildman–Crippen LogP) is 6.33. The van der Waals surface area contributed by atoms with Crippen molar-refractivity contribution in [2.24, 2.45) is 0 Å². The summed E-state index contributed by atoms with van der Waals surface area (Å²) in [5.74, 6) is 1.15. The minimum absolute atomic E-state index is 0.115. The van der Waals surface area contributed by atoms with Crippen LogP contribution in [0.3, 0.4) is 0 Å². The molecule has 1 aliphatic rings. The zero-order valence-electron chi connectivity index (χ0n) is 16.6. The molecule has 1 aliphatic carbocycles. The van der Waals surface area contributed by atoms with Crippen molar-refractivity contribution < 1.29 is 4.42 Å². The first kappa shape index (κ1) is 16.9. The molecular formula is C25H22N2O. The highest BCUT2D eigenvalue weighted by atomic mass is 16.4. The van der Waals surface area contributed by atoms with Crippen molar-refractivity contribution in [1.82, 2.24) is 10.2 Å². The fourth-order valence-corrected chi connectivity index (χ4v) is 4.43. The summed E-state index contributed by atoms with van der Waals surface area (Å²) in [5, 5.41) is 8.79. The molecule has 0 amide bonds. The normalized spacial score (nSPS) is 14.0. The van der Waals surface area contributed by atoms with E-state index >= 15 is 0 Å². The Kier molecular flexibility index (Phi) is 3.57. The standard InChI is InChI=1S/C25H22N2O/c1-15-12-13-16(2)20(14-15)24-27-26-23(28-24)19-10-7-9-18-17-8-5-6-11-21(17)25(3,4)22(18)19/h5-14H,1-4H3. The zero-order chi connectivity index (χ0) is 19.5. The number of fused-ring (bicyclic) bond motifs is 3. The van der Waals surface area contributed by atoms with Crippen LogP contribution in [0.2, 0.25) is 0 Å². The Morgan fingerprint density at radius 1 is 0.714 bits per heavy atom. The molecule has 138 valence electrons. The van der Waals surface area contributed by atoms with Gasteiger partial charge in [-0.05, 0) is 53.8 Å². The van der Waals surface area contributed by atoms with Crippen LogP contribution in [0.1, 0.15) is 36.1 Å². The highest BCUT2D eigenvalue weighted by molar-refractivity contribution is 5.86. The highest BCUT2D eigenvalue weighted by Crippen LogP contribution is 2.51. The van der Waals surface area contributed by atoms with Crippen molar-refractivity contribution in [3.63, 3.8) is 0 Å². The summed E-state index contributed by atoms with van der Waals surface area (Å²) in [5.41, 5.74) is 9.35. The molecule has 4 aromatic rings. The van der Waals surface area contributed by atoms with E-state index in [1.807, 2.05) is 0 Å². The average Bonchev–Trinajstić information content (AvgIpc) is 3.27. The van der Waals surface area contributed by atoms with E-state index in [4.69, 9.17) is 4.42 Å². The van der Waals surface area contributed by atoms with Gasteiger partial charge in [-0.1, -0.05) is 67.9 Å². The van der Waals surface area contributed by atoms with E-state index in [0.717, 1.165) is 16.7 Å². The Labute approximate surface area is 165 Å². The number of aryl methyl sites for hydroxylation is 2. The molecule has 3 nitrogen and oxygen atoms in total. The maximum absolute atomic E-state index is 6.19. The van der Waals surface area contributed by atoms with Gasteiger partial charge in [-0.25, -0.2) is 0 Å². The van der Waals surface area contributed by atoms with Crippen LogP contribution in [-0.4, -0.2) is 10.2 Å². The summed E-state index contributed by atoms with van der Waals surface area (Å²) in [7, 11) is 0. The van der Waals surface area contributed by atoms with Crippen LogP contribution in [0.5, 0.6) is 0 Å². The summed E-state index contributed by atoms with van der Waals surface area (Å²) in [6.45, 7) is 8.68. The summed E-state index contributed by atoms with van der Waals surface area (Å²) >= 11 is 0. The van der Waals surface area contributed by atoms with E-state index in [0.29, 0.717) is 11.8 Å². The zero-order valence-corrected chi connectivity index (χ0v) is 16.6. The van der Waals surface area contributed by atoms with Crippen molar-refractivity contribution in [2.45, 2.75) is 33.1 Å². The molecule has 0 aliphatic heterocycles. The van der Waals surface area contributed by atoms with Crippen molar-refractivity contribution >= 4 is 0 Å². The van der Waals surface area contributed by atoms with Gasteiger partial charge < -0.3 is 4.42 Å². The maximum atomic E-state index is 6.19. The Hall–Kier alpha value is -3.20. The van der Waals surface area contributed by atoms with Gasteiger partial charge in [0.2, 0.25) is 11.8 Å². The third kappa shape index (κ3) is 2.36. The monoisotopic (exact) mass is 366 g/mol. The van der Waals surface area contributed by atoms with Gasteiger partial charge in [-0.2, -0.15) is 0 Å². The molecule has 0 radical (unpaired) electrons. The predicted molar refractivity (Wildman–Crippen MR) is 112 cm³/mol. The number of rotatable bonds is 2. The first-order valence-electron chi connectivity index (χ1n) is 9.61. The van der Waals surface area contributed by atoms with Gasteiger partial charge in [0.1, 0.15) is 0 Å². The summed E-state index contributed by atoms with van der Waals surface area (Å²) in [6.07, 6.45) is 0. The van der Waals surface area contributed by atoms with E-state index in [2.05, 4.69) is 98.6 Å². The van der Waals surface area contributed by atoms with Gasteiger partial charge in [0.15, 0.2) is 0 Å². The largest absolute Gasteiger partial charge is 0.416 e. The van der Waals surface area contributed by atoms with Crippen LogP contribution in [-0.2, 0) is 5.41 Å². The van der Waals surface area contributed by atoms with Crippen LogP contribution in [0.15, 0.2) is 65.1 Å². The van der Waals surface area contributed by atoms with E-state index in [9.17, 15) is 0 Å². The Balaban J connectivity index is 1.68. The third-order valence-electron chi connectivity index (χ3n) is 5.86. The van der Waals surface area contributed by atoms with Crippen LogP contribution >= 0.6 is 0 Å². The van der Waals surface area contributed by atoms with Crippen LogP contribution < -0.4 is 0 Å². The molecule has 0 atom stereocenters.